The fourth-order valence-corrected chi connectivity index (χ4v) is 3.25. The highest BCUT2D eigenvalue weighted by Gasteiger charge is 2.20. The molecule has 0 atom stereocenters. The van der Waals surface area contributed by atoms with Crippen molar-refractivity contribution in [3.05, 3.63) is 52.7 Å². The number of aromatic nitrogens is 4. The lowest BCUT2D eigenvalue weighted by Gasteiger charge is -2.22. The molecule has 0 saturated heterocycles. The summed E-state index contributed by atoms with van der Waals surface area (Å²) in [4.78, 5) is 31.7. The monoisotopic (exact) mass is 381 g/mol. The molecule has 148 valence electrons. The first kappa shape index (κ1) is 19.8. The third kappa shape index (κ3) is 3.83. The number of rotatable bonds is 5. The van der Waals surface area contributed by atoms with Crippen LogP contribution in [-0.4, -0.2) is 31.8 Å². The van der Waals surface area contributed by atoms with Crippen LogP contribution >= 0.6 is 0 Å². The number of nitrogens with zero attached hydrogens (tertiary/aromatic N) is 5. The average molecular weight is 381 g/mol. The Hall–Kier alpha value is -2.96. The quantitative estimate of drug-likeness (QED) is 0.681. The van der Waals surface area contributed by atoms with Gasteiger partial charge in [0.25, 0.3) is 5.56 Å². The molecule has 0 fully saturated rings. The molecule has 3 rings (SSSR count). The van der Waals surface area contributed by atoms with Crippen molar-refractivity contribution in [1.29, 1.82) is 0 Å². The van der Waals surface area contributed by atoms with E-state index in [2.05, 4.69) is 10.1 Å². The highest BCUT2D eigenvalue weighted by atomic mass is 16.2. The van der Waals surface area contributed by atoms with E-state index in [4.69, 9.17) is 0 Å². The molecule has 1 aromatic carbocycles. The number of carbonyl (C=O) groups is 1. The van der Waals surface area contributed by atoms with Crippen molar-refractivity contribution in [1.82, 2.24) is 19.3 Å². The Morgan fingerprint density at radius 2 is 2.00 bits per heavy atom. The second kappa shape index (κ2) is 7.58. The summed E-state index contributed by atoms with van der Waals surface area (Å²) in [5, 5.41) is 4.79. The third-order valence-electron chi connectivity index (χ3n) is 4.69. The van der Waals surface area contributed by atoms with E-state index in [1.165, 1.54) is 10.9 Å². The summed E-state index contributed by atoms with van der Waals surface area (Å²) in [6.45, 7) is 10.8. The molecule has 0 aliphatic carbocycles. The summed E-state index contributed by atoms with van der Waals surface area (Å²) in [5.41, 5.74) is 2.10. The van der Waals surface area contributed by atoms with Gasteiger partial charge >= 0.3 is 0 Å². The Morgan fingerprint density at radius 3 is 2.64 bits per heavy atom. The number of fused-ring (bicyclic) bond motifs is 1. The molecule has 0 saturated carbocycles. The fraction of sp³-hybridized carbons (Fsp3) is 0.429. The van der Waals surface area contributed by atoms with Crippen LogP contribution in [-0.2, 0) is 16.9 Å². The van der Waals surface area contributed by atoms with Crippen molar-refractivity contribution < 1.29 is 4.79 Å². The van der Waals surface area contributed by atoms with Gasteiger partial charge in [0.15, 0.2) is 5.65 Å². The van der Waals surface area contributed by atoms with Gasteiger partial charge in [-0.3, -0.25) is 14.2 Å². The summed E-state index contributed by atoms with van der Waals surface area (Å²) < 4.78 is 3.23. The van der Waals surface area contributed by atoms with Crippen LogP contribution in [0.2, 0.25) is 0 Å². The number of anilines is 1. The minimum Gasteiger partial charge on any atom is -0.313 e. The molecular weight excluding hydrogens is 354 g/mol. The predicted octanol–water partition coefficient (Wildman–Crippen LogP) is 3.10. The van der Waals surface area contributed by atoms with Crippen LogP contribution in [0.3, 0.4) is 0 Å². The minimum atomic E-state index is -0.265. The predicted molar refractivity (Wildman–Crippen MR) is 111 cm³/mol. The van der Waals surface area contributed by atoms with Crippen LogP contribution in [0.15, 0.2) is 41.6 Å². The minimum absolute atomic E-state index is 0.0227. The maximum absolute atomic E-state index is 12.8. The number of benzene rings is 1. The number of hydrogen-bond acceptors (Lipinski definition) is 4. The van der Waals surface area contributed by atoms with Gasteiger partial charge in [-0.2, -0.15) is 5.10 Å². The summed E-state index contributed by atoms with van der Waals surface area (Å²) in [6, 6.07) is 7.85. The molecule has 0 radical (unpaired) electrons. The SMILES string of the molecule is CCN(C(=O)CCn1cnc2c(cnn2C(C)(C)C)c1=O)c1cccc(C)c1. The first-order chi connectivity index (χ1) is 13.2. The molecular formula is C21H27N5O2. The molecule has 1 amide bonds. The van der Waals surface area contributed by atoms with Gasteiger partial charge in [0.2, 0.25) is 5.91 Å². The molecule has 7 heteroatoms. The van der Waals surface area contributed by atoms with E-state index in [1.807, 2.05) is 58.9 Å². The molecule has 0 unspecified atom stereocenters. The summed E-state index contributed by atoms with van der Waals surface area (Å²) >= 11 is 0. The lowest BCUT2D eigenvalue weighted by atomic mass is 10.1. The Labute approximate surface area is 164 Å². The zero-order chi connectivity index (χ0) is 20.5. The maximum atomic E-state index is 12.8. The zero-order valence-electron chi connectivity index (χ0n) is 17.1. The first-order valence-electron chi connectivity index (χ1n) is 9.53. The van der Waals surface area contributed by atoms with Crippen molar-refractivity contribution in [3.8, 4) is 0 Å². The molecule has 0 N–H and O–H groups in total. The fourth-order valence-electron chi connectivity index (χ4n) is 3.25. The molecule has 2 aromatic heterocycles. The Kier molecular flexibility index (Phi) is 5.36. The van der Waals surface area contributed by atoms with Gasteiger partial charge in [0.1, 0.15) is 5.39 Å². The van der Waals surface area contributed by atoms with Crippen LogP contribution in [0.4, 0.5) is 5.69 Å². The van der Waals surface area contributed by atoms with E-state index >= 15 is 0 Å². The standard InChI is InChI=1S/C21H27N5O2/c1-6-25(16-9-7-8-15(2)12-16)18(27)10-11-24-14-22-19-17(20(24)28)13-23-26(19)21(3,4)5/h7-9,12-14H,6,10-11H2,1-5H3. The molecule has 7 nitrogen and oxygen atoms in total. The summed E-state index contributed by atoms with van der Waals surface area (Å²) in [7, 11) is 0. The van der Waals surface area contributed by atoms with Crippen LogP contribution in [0, 0.1) is 6.92 Å². The molecule has 2 heterocycles. The number of amides is 1. The smallest absolute Gasteiger partial charge is 0.264 e. The van der Waals surface area contributed by atoms with E-state index in [0.717, 1.165) is 11.3 Å². The normalized spacial score (nSPS) is 11.8. The largest absolute Gasteiger partial charge is 0.313 e. The number of hydrogen-bond donors (Lipinski definition) is 0. The summed E-state index contributed by atoms with van der Waals surface area (Å²) in [6.07, 6.45) is 3.28. The second-order valence-corrected chi connectivity index (χ2v) is 7.93. The van der Waals surface area contributed by atoms with Crippen molar-refractivity contribution in [2.75, 3.05) is 11.4 Å². The molecule has 0 spiro atoms. The lowest BCUT2D eigenvalue weighted by molar-refractivity contribution is -0.118. The molecule has 3 aromatic rings. The van der Waals surface area contributed by atoms with Gasteiger partial charge in [-0.15, -0.1) is 0 Å². The lowest BCUT2D eigenvalue weighted by Crippen LogP contribution is -2.32. The highest BCUT2D eigenvalue weighted by Crippen LogP contribution is 2.18. The Morgan fingerprint density at radius 1 is 1.25 bits per heavy atom. The van der Waals surface area contributed by atoms with Gasteiger partial charge in [0.05, 0.1) is 18.1 Å². The van der Waals surface area contributed by atoms with Crippen molar-refractivity contribution in [3.63, 3.8) is 0 Å². The van der Waals surface area contributed by atoms with Crippen molar-refractivity contribution in [2.45, 2.75) is 53.1 Å². The zero-order valence-corrected chi connectivity index (χ0v) is 17.1. The van der Waals surface area contributed by atoms with Gasteiger partial charge < -0.3 is 4.90 Å². The second-order valence-electron chi connectivity index (χ2n) is 7.93. The third-order valence-corrected chi connectivity index (χ3v) is 4.69. The Bertz CT molecular complexity index is 1060. The number of carbonyl (C=O) groups excluding carboxylic acids is 1. The van der Waals surface area contributed by atoms with Crippen LogP contribution in [0.25, 0.3) is 11.0 Å². The van der Waals surface area contributed by atoms with Crippen molar-refractivity contribution in [2.24, 2.45) is 0 Å². The summed E-state index contributed by atoms with van der Waals surface area (Å²) in [5.74, 6) is -0.0227. The molecule has 0 aliphatic heterocycles. The Balaban J connectivity index is 1.80. The number of aryl methyl sites for hydroxylation is 2. The molecule has 0 aliphatic rings. The molecule has 0 bridgehead atoms. The van der Waals surface area contributed by atoms with Gasteiger partial charge in [-0.05, 0) is 52.3 Å². The van der Waals surface area contributed by atoms with Crippen LogP contribution < -0.4 is 10.5 Å². The first-order valence-corrected chi connectivity index (χ1v) is 9.53. The van der Waals surface area contributed by atoms with Crippen LogP contribution in [0.5, 0.6) is 0 Å². The average Bonchev–Trinajstić information content (AvgIpc) is 3.07. The van der Waals surface area contributed by atoms with Gasteiger partial charge in [-0.1, -0.05) is 12.1 Å². The van der Waals surface area contributed by atoms with E-state index in [0.29, 0.717) is 17.6 Å². The van der Waals surface area contributed by atoms with Gasteiger partial charge in [0, 0.05) is 25.2 Å². The van der Waals surface area contributed by atoms with E-state index in [1.54, 1.807) is 15.8 Å². The van der Waals surface area contributed by atoms with E-state index in [-0.39, 0.29) is 30.0 Å². The maximum Gasteiger partial charge on any atom is 0.264 e. The highest BCUT2D eigenvalue weighted by molar-refractivity contribution is 5.93. The molecule has 28 heavy (non-hydrogen) atoms. The topological polar surface area (TPSA) is 73.0 Å². The van der Waals surface area contributed by atoms with Crippen LogP contribution in [0.1, 0.15) is 39.7 Å². The van der Waals surface area contributed by atoms with E-state index < -0.39 is 0 Å². The van der Waals surface area contributed by atoms with Crippen molar-refractivity contribution >= 4 is 22.6 Å². The van der Waals surface area contributed by atoms with Gasteiger partial charge in [-0.25, -0.2) is 9.67 Å². The van der Waals surface area contributed by atoms with E-state index in [9.17, 15) is 9.59 Å².